The predicted octanol–water partition coefficient (Wildman–Crippen LogP) is 3.42. The predicted molar refractivity (Wildman–Crippen MR) is 79.6 cm³/mol. The smallest absolute Gasteiger partial charge is 0.125 e. The van der Waals surface area contributed by atoms with Crippen molar-refractivity contribution in [2.24, 2.45) is 0 Å². The van der Waals surface area contributed by atoms with E-state index in [4.69, 9.17) is 4.42 Å². The van der Waals surface area contributed by atoms with Gasteiger partial charge < -0.3 is 9.73 Å². The molecule has 4 heteroatoms. The SMILES string of the molecule is CCCn1nc(C)c(-c2ccoc2CNC2CC2)c1C. The fourth-order valence-corrected chi connectivity index (χ4v) is 2.74. The lowest BCUT2D eigenvalue weighted by molar-refractivity contribution is 0.483. The Morgan fingerprint density at radius 1 is 1.40 bits per heavy atom. The van der Waals surface area contributed by atoms with Gasteiger partial charge in [-0.2, -0.15) is 5.10 Å². The molecule has 0 amide bonds. The largest absolute Gasteiger partial charge is 0.467 e. The molecular weight excluding hydrogens is 250 g/mol. The van der Waals surface area contributed by atoms with Crippen molar-refractivity contribution in [3.05, 3.63) is 29.5 Å². The van der Waals surface area contributed by atoms with E-state index in [2.05, 4.69) is 41.9 Å². The average molecular weight is 273 g/mol. The number of nitrogens with one attached hydrogen (secondary N) is 1. The third-order valence-electron chi connectivity index (χ3n) is 3.96. The average Bonchev–Trinajstić information content (AvgIpc) is 3.08. The van der Waals surface area contributed by atoms with Gasteiger partial charge in [0.2, 0.25) is 0 Å². The second-order valence-corrected chi connectivity index (χ2v) is 5.68. The maximum absolute atomic E-state index is 5.68. The molecular formula is C16H23N3O. The van der Waals surface area contributed by atoms with Crippen LogP contribution in [-0.2, 0) is 13.1 Å². The second kappa shape index (κ2) is 5.44. The molecule has 0 unspecified atom stereocenters. The quantitative estimate of drug-likeness (QED) is 0.877. The van der Waals surface area contributed by atoms with Crippen molar-refractivity contribution in [2.75, 3.05) is 0 Å². The van der Waals surface area contributed by atoms with E-state index < -0.39 is 0 Å². The topological polar surface area (TPSA) is 43.0 Å². The standard InChI is InChI=1S/C16H23N3O/c1-4-8-19-12(3)16(11(2)18-19)14-7-9-20-15(14)10-17-13-5-6-13/h7,9,13,17H,4-6,8,10H2,1-3H3. The molecule has 0 spiro atoms. The molecule has 2 aromatic rings. The van der Waals surface area contributed by atoms with E-state index >= 15 is 0 Å². The molecule has 1 saturated carbocycles. The number of furan rings is 1. The normalized spacial score (nSPS) is 14.9. The Labute approximate surface area is 120 Å². The first-order chi connectivity index (χ1) is 9.70. The minimum Gasteiger partial charge on any atom is -0.467 e. The number of aryl methyl sites for hydroxylation is 2. The van der Waals surface area contributed by atoms with Crippen LogP contribution in [0.3, 0.4) is 0 Å². The highest BCUT2D eigenvalue weighted by atomic mass is 16.3. The van der Waals surface area contributed by atoms with Crippen LogP contribution in [-0.4, -0.2) is 15.8 Å². The summed E-state index contributed by atoms with van der Waals surface area (Å²) < 4.78 is 7.78. The Morgan fingerprint density at radius 3 is 2.90 bits per heavy atom. The minimum absolute atomic E-state index is 0.693. The highest BCUT2D eigenvalue weighted by molar-refractivity contribution is 5.70. The molecule has 0 bridgehead atoms. The van der Waals surface area contributed by atoms with E-state index in [-0.39, 0.29) is 0 Å². The van der Waals surface area contributed by atoms with E-state index in [9.17, 15) is 0 Å². The Balaban J connectivity index is 1.89. The molecule has 1 aliphatic rings. The lowest BCUT2D eigenvalue weighted by Crippen LogP contribution is -2.15. The van der Waals surface area contributed by atoms with Gasteiger partial charge in [0.25, 0.3) is 0 Å². The molecule has 1 N–H and O–H groups in total. The van der Waals surface area contributed by atoms with Gasteiger partial charge in [0.05, 0.1) is 18.5 Å². The monoisotopic (exact) mass is 273 g/mol. The van der Waals surface area contributed by atoms with Gasteiger partial charge >= 0.3 is 0 Å². The summed E-state index contributed by atoms with van der Waals surface area (Å²) in [6.07, 6.45) is 5.48. The fourth-order valence-electron chi connectivity index (χ4n) is 2.74. The molecule has 0 aliphatic heterocycles. The third kappa shape index (κ3) is 2.52. The number of nitrogens with zero attached hydrogens (tertiary/aromatic N) is 2. The summed E-state index contributed by atoms with van der Waals surface area (Å²) in [7, 11) is 0. The van der Waals surface area contributed by atoms with E-state index in [0.29, 0.717) is 6.04 Å². The number of hydrogen-bond donors (Lipinski definition) is 1. The first-order valence-corrected chi connectivity index (χ1v) is 7.54. The van der Waals surface area contributed by atoms with E-state index in [1.165, 1.54) is 29.7 Å². The van der Waals surface area contributed by atoms with Crippen molar-refractivity contribution in [3.8, 4) is 11.1 Å². The zero-order valence-electron chi connectivity index (χ0n) is 12.6. The van der Waals surface area contributed by atoms with Crippen LogP contribution >= 0.6 is 0 Å². The first-order valence-electron chi connectivity index (χ1n) is 7.54. The molecule has 0 saturated heterocycles. The van der Waals surface area contributed by atoms with Gasteiger partial charge in [-0.15, -0.1) is 0 Å². The van der Waals surface area contributed by atoms with Crippen LogP contribution in [0.15, 0.2) is 16.7 Å². The molecule has 0 radical (unpaired) electrons. The maximum atomic E-state index is 5.68. The van der Waals surface area contributed by atoms with Crippen molar-refractivity contribution < 1.29 is 4.42 Å². The summed E-state index contributed by atoms with van der Waals surface area (Å²) >= 11 is 0. The van der Waals surface area contributed by atoms with Crippen molar-refractivity contribution in [2.45, 2.75) is 59.2 Å². The van der Waals surface area contributed by atoms with Crippen LogP contribution in [0.1, 0.15) is 43.3 Å². The van der Waals surface area contributed by atoms with Gasteiger partial charge in [0.15, 0.2) is 0 Å². The summed E-state index contributed by atoms with van der Waals surface area (Å²) in [4.78, 5) is 0. The molecule has 1 aliphatic carbocycles. The van der Waals surface area contributed by atoms with Crippen LogP contribution in [0.2, 0.25) is 0 Å². The molecule has 1 fully saturated rings. The van der Waals surface area contributed by atoms with E-state index in [0.717, 1.165) is 31.0 Å². The van der Waals surface area contributed by atoms with Gasteiger partial charge in [-0.3, -0.25) is 4.68 Å². The van der Waals surface area contributed by atoms with Crippen LogP contribution in [0.5, 0.6) is 0 Å². The second-order valence-electron chi connectivity index (χ2n) is 5.68. The number of aromatic nitrogens is 2. The van der Waals surface area contributed by atoms with Gasteiger partial charge in [0.1, 0.15) is 5.76 Å². The zero-order valence-corrected chi connectivity index (χ0v) is 12.6. The van der Waals surface area contributed by atoms with Gasteiger partial charge in [0, 0.05) is 29.4 Å². The summed E-state index contributed by atoms with van der Waals surface area (Å²) in [5.74, 6) is 1.03. The van der Waals surface area contributed by atoms with Crippen molar-refractivity contribution in [1.29, 1.82) is 0 Å². The Kier molecular flexibility index (Phi) is 3.66. The lowest BCUT2D eigenvalue weighted by atomic mass is 10.0. The molecule has 3 rings (SSSR count). The summed E-state index contributed by atoms with van der Waals surface area (Å²) in [6, 6.07) is 2.76. The summed E-state index contributed by atoms with van der Waals surface area (Å²) in [5.41, 5.74) is 4.75. The van der Waals surface area contributed by atoms with Crippen molar-refractivity contribution in [3.63, 3.8) is 0 Å². The van der Waals surface area contributed by atoms with Gasteiger partial charge in [-0.1, -0.05) is 6.92 Å². The molecule has 2 aromatic heterocycles. The first kappa shape index (κ1) is 13.4. The molecule has 2 heterocycles. The van der Waals surface area contributed by atoms with Crippen LogP contribution in [0.4, 0.5) is 0 Å². The molecule has 0 atom stereocenters. The minimum atomic E-state index is 0.693. The Hall–Kier alpha value is -1.55. The zero-order chi connectivity index (χ0) is 14.1. The number of rotatable bonds is 6. The highest BCUT2D eigenvalue weighted by Gasteiger charge is 2.23. The maximum Gasteiger partial charge on any atom is 0.125 e. The van der Waals surface area contributed by atoms with Gasteiger partial charge in [-0.05, 0) is 39.2 Å². The molecule has 108 valence electrons. The number of hydrogen-bond acceptors (Lipinski definition) is 3. The van der Waals surface area contributed by atoms with E-state index in [1.54, 1.807) is 6.26 Å². The van der Waals surface area contributed by atoms with Gasteiger partial charge in [-0.25, -0.2) is 0 Å². The van der Waals surface area contributed by atoms with Crippen LogP contribution < -0.4 is 5.32 Å². The lowest BCUT2D eigenvalue weighted by Gasteiger charge is -2.06. The fraction of sp³-hybridized carbons (Fsp3) is 0.562. The Bertz CT molecular complexity index is 593. The molecule has 0 aromatic carbocycles. The summed E-state index contributed by atoms with van der Waals surface area (Å²) in [6.45, 7) is 8.19. The molecule has 20 heavy (non-hydrogen) atoms. The van der Waals surface area contributed by atoms with Crippen LogP contribution in [0.25, 0.3) is 11.1 Å². The van der Waals surface area contributed by atoms with E-state index in [1.807, 2.05) is 0 Å². The Morgan fingerprint density at radius 2 is 2.20 bits per heavy atom. The third-order valence-corrected chi connectivity index (χ3v) is 3.96. The van der Waals surface area contributed by atoms with Crippen molar-refractivity contribution in [1.82, 2.24) is 15.1 Å². The summed E-state index contributed by atoms with van der Waals surface area (Å²) in [5, 5.41) is 8.18. The molecule has 4 nitrogen and oxygen atoms in total. The highest BCUT2D eigenvalue weighted by Crippen LogP contribution is 2.31. The van der Waals surface area contributed by atoms with Crippen molar-refractivity contribution >= 4 is 0 Å². The van der Waals surface area contributed by atoms with Crippen LogP contribution in [0, 0.1) is 13.8 Å².